The Kier molecular flexibility index (Phi) is 5.88. The lowest BCUT2D eigenvalue weighted by atomic mass is 10.1. The minimum Gasteiger partial charge on any atom is -0.352 e. The van der Waals surface area contributed by atoms with E-state index in [2.05, 4.69) is 21.2 Å². The van der Waals surface area contributed by atoms with Crippen molar-refractivity contribution in [1.29, 1.82) is 0 Å². The van der Waals surface area contributed by atoms with Crippen LogP contribution in [0.5, 0.6) is 0 Å². The van der Waals surface area contributed by atoms with E-state index in [0.717, 1.165) is 30.0 Å². The van der Waals surface area contributed by atoms with Gasteiger partial charge in [-0.25, -0.2) is 4.39 Å². The molecule has 1 N–H and O–H groups in total. The first-order valence-corrected chi connectivity index (χ1v) is 6.85. The molecule has 0 fully saturated rings. The molecule has 0 bridgehead atoms. The summed E-state index contributed by atoms with van der Waals surface area (Å²) in [7, 11) is 0. The van der Waals surface area contributed by atoms with Crippen molar-refractivity contribution in [2.75, 3.05) is 11.9 Å². The van der Waals surface area contributed by atoms with E-state index in [1.807, 2.05) is 6.92 Å². The highest BCUT2D eigenvalue weighted by molar-refractivity contribution is 9.09. The standard InChI is InChI=1S/C12H14BrFN2O3/c1-8(2-3-13)7-15-12(17)9-4-10(14)6-11(5-9)16(18)19/h4-6,8H,2-3,7H2,1H3,(H,15,17). The average molecular weight is 333 g/mol. The maximum Gasteiger partial charge on any atom is 0.273 e. The average Bonchev–Trinajstić information content (AvgIpc) is 2.35. The number of nitrogens with zero attached hydrogens (tertiary/aromatic N) is 1. The molecular weight excluding hydrogens is 319 g/mol. The van der Waals surface area contributed by atoms with Gasteiger partial charge in [0.25, 0.3) is 11.6 Å². The zero-order chi connectivity index (χ0) is 14.4. The summed E-state index contributed by atoms with van der Waals surface area (Å²) >= 11 is 3.30. The van der Waals surface area contributed by atoms with Crippen molar-refractivity contribution in [2.45, 2.75) is 13.3 Å². The highest BCUT2D eigenvalue weighted by Crippen LogP contribution is 2.16. The Morgan fingerprint density at radius 2 is 2.21 bits per heavy atom. The molecule has 5 nitrogen and oxygen atoms in total. The fraction of sp³-hybridized carbons (Fsp3) is 0.417. The quantitative estimate of drug-likeness (QED) is 0.494. The van der Waals surface area contributed by atoms with Crippen molar-refractivity contribution in [1.82, 2.24) is 5.32 Å². The molecule has 0 aliphatic carbocycles. The van der Waals surface area contributed by atoms with Gasteiger partial charge in [0.1, 0.15) is 5.82 Å². The van der Waals surface area contributed by atoms with Gasteiger partial charge >= 0.3 is 0 Å². The summed E-state index contributed by atoms with van der Waals surface area (Å²) in [5, 5.41) is 14.0. The molecule has 0 radical (unpaired) electrons. The topological polar surface area (TPSA) is 72.2 Å². The van der Waals surface area contributed by atoms with Crippen molar-refractivity contribution in [3.8, 4) is 0 Å². The number of halogens is 2. The maximum absolute atomic E-state index is 13.2. The fourth-order valence-corrected chi connectivity index (χ4v) is 2.25. The zero-order valence-electron chi connectivity index (χ0n) is 10.4. The minimum atomic E-state index is -0.798. The summed E-state index contributed by atoms with van der Waals surface area (Å²) < 4.78 is 13.2. The lowest BCUT2D eigenvalue weighted by Gasteiger charge is -2.11. The maximum atomic E-state index is 13.2. The van der Waals surface area contributed by atoms with Crippen LogP contribution in [0.1, 0.15) is 23.7 Å². The number of rotatable bonds is 6. The van der Waals surface area contributed by atoms with Gasteiger partial charge in [-0.05, 0) is 18.4 Å². The van der Waals surface area contributed by atoms with Gasteiger partial charge in [-0.1, -0.05) is 22.9 Å². The lowest BCUT2D eigenvalue weighted by molar-refractivity contribution is -0.385. The molecule has 1 aromatic rings. The van der Waals surface area contributed by atoms with Crippen LogP contribution in [0, 0.1) is 21.8 Å². The van der Waals surface area contributed by atoms with Gasteiger partial charge in [-0.2, -0.15) is 0 Å². The summed E-state index contributed by atoms with van der Waals surface area (Å²) in [6.07, 6.45) is 0.892. The molecule has 0 saturated heterocycles. The number of non-ortho nitro benzene ring substituents is 1. The van der Waals surface area contributed by atoms with E-state index in [4.69, 9.17) is 0 Å². The highest BCUT2D eigenvalue weighted by Gasteiger charge is 2.15. The van der Waals surface area contributed by atoms with Crippen LogP contribution < -0.4 is 5.32 Å². The van der Waals surface area contributed by atoms with Gasteiger partial charge in [0, 0.05) is 23.5 Å². The molecular formula is C12H14BrFN2O3. The number of hydrogen-bond donors (Lipinski definition) is 1. The Labute approximate surface area is 118 Å². The number of nitro groups is 1. The van der Waals surface area contributed by atoms with Gasteiger partial charge in [0.2, 0.25) is 0 Å². The molecule has 0 saturated carbocycles. The number of nitrogens with one attached hydrogen (secondary N) is 1. The van der Waals surface area contributed by atoms with Gasteiger partial charge < -0.3 is 5.32 Å². The Hall–Kier alpha value is -1.50. The van der Waals surface area contributed by atoms with E-state index in [1.54, 1.807) is 0 Å². The third-order valence-corrected chi connectivity index (χ3v) is 3.03. The monoisotopic (exact) mass is 332 g/mol. The summed E-state index contributed by atoms with van der Waals surface area (Å²) in [6, 6.07) is 2.83. The molecule has 0 spiro atoms. The SMILES string of the molecule is CC(CCBr)CNC(=O)c1cc(F)cc([N+](=O)[O-])c1. The number of alkyl halides is 1. The molecule has 0 heterocycles. The van der Waals surface area contributed by atoms with Crippen LogP contribution in [-0.2, 0) is 0 Å². The van der Waals surface area contributed by atoms with E-state index in [-0.39, 0.29) is 11.5 Å². The van der Waals surface area contributed by atoms with Crippen molar-refractivity contribution >= 4 is 27.5 Å². The summed E-state index contributed by atoms with van der Waals surface area (Å²) in [6.45, 7) is 2.41. The molecule has 19 heavy (non-hydrogen) atoms. The first-order valence-electron chi connectivity index (χ1n) is 5.73. The highest BCUT2D eigenvalue weighted by atomic mass is 79.9. The predicted octanol–water partition coefficient (Wildman–Crippen LogP) is 2.88. The number of carbonyl (C=O) groups excluding carboxylic acids is 1. The second kappa shape index (κ2) is 7.18. The second-order valence-corrected chi connectivity index (χ2v) is 5.04. The van der Waals surface area contributed by atoms with Gasteiger partial charge in [0.15, 0.2) is 0 Å². The molecule has 0 aliphatic heterocycles. The fourth-order valence-electron chi connectivity index (χ4n) is 1.47. The third-order valence-electron chi connectivity index (χ3n) is 2.57. The number of nitro benzene ring substituents is 1. The van der Waals surface area contributed by atoms with Crippen molar-refractivity contribution in [3.63, 3.8) is 0 Å². The number of benzene rings is 1. The third kappa shape index (κ3) is 4.94. The van der Waals surface area contributed by atoms with Crippen LogP contribution in [-0.4, -0.2) is 22.7 Å². The van der Waals surface area contributed by atoms with Crippen molar-refractivity contribution in [3.05, 3.63) is 39.7 Å². The van der Waals surface area contributed by atoms with Gasteiger partial charge in [-0.15, -0.1) is 0 Å². The first-order chi connectivity index (χ1) is 8.93. The van der Waals surface area contributed by atoms with E-state index < -0.39 is 22.3 Å². The molecule has 1 rings (SSSR count). The smallest absolute Gasteiger partial charge is 0.273 e. The molecule has 0 aliphatic rings. The minimum absolute atomic E-state index is 0.0438. The zero-order valence-corrected chi connectivity index (χ0v) is 11.9. The van der Waals surface area contributed by atoms with E-state index in [9.17, 15) is 19.3 Å². The van der Waals surface area contributed by atoms with E-state index in [1.165, 1.54) is 0 Å². The van der Waals surface area contributed by atoms with E-state index in [0.29, 0.717) is 6.54 Å². The van der Waals surface area contributed by atoms with Crippen LogP contribution in [0.25, 0.3) is 0 Å². The Morgan fingerprint density at radius 3 is 2.79 bits per heavy atom. The predicted molar refractivity (Wildman–Crippen MR) is 73.0 cm³/mol. The lowest BCUT2D eigenvalue weighted by Crippen LogP contribution is -2.28. The number of amides is 1. The number of hydrogen-bond acceptors (Lipinski definition) is 3. The molecule has 7 heteroatoms. The molecule has 1 aromatic carbocycles. The Balaban J connectivity index is 2.74. The molecule has 1 unspecified atom stereocenters. The molecule has 0 aromatic heterocycles. The Morgan fingerprint density at radius 1 is 1.53 bits per heavy atom. The molecule has 1 atom stereocenters. The van der Waals surface area contributed by atoms with Crippen LogP contribution in [0.4, 0.5) is 10.1 Å². The summed E-state index contributed by atoms with van der Waals surface area (Å²) in [5.41, 5.74) is -0.476. The van der Waals surface area contributed by atoms with Crippen molar-refractivity contribution < 1.29 is 14.1 Å². The van der Waals surface area contributed by atoms with Crippen LogP contribution in [0.15, 0.2) is 18.2 Å². The normalized spacial score (nSPS) is 11.9. The summed E-state index contributed by atoms with van der Waals surface area (Å²) in [4.78, 5) is 21.6. The Bertz CT molecular complexity index is 482. The van der Waals surface area contributed by atoms with Gasteiger partial charge in [-0.3, -0.25) is 14.9 Å². The van der Waals surface area contributed by atoms with Crippen molar-refractivity contribution in [2.24, 2.45) is 5.92 Å². The van der Waals surface area contributed by atoms with E-state index >= 15 is 0 Å². The molecule has 104 valence electrons. The summed E-state index contributed by atoms with van der Waals surface area (Å²) in [5.74, 6) is -1.04. The van der Waals surface area contributed by atoms with Gasteiger partial charge in [0.05, 0.1) is 11.0 Å². The second-order valence-electron chi connectivity index (χ2n) is 4.25. The largest absolute Gasteiger partial charge is 0.352 e. The first kappa shape index (κ1) is 15.6. The van der Waals surface area contributed by atoms with Crippen LogP contribution >= 0.6 is 15.9 Å². The van der Waals surface area contributed by atoms with Crippen LogP contribution in [0.2, 0.25) is 0 Å². The van der Waals surface area contributed by atoms with Crippen LogP contribution in [0.3, 0.4) is 0 Å². The number of carbonyl (C=O) groups is 1. The molecule has 1 amide bonds.